The highest BCUT2D eigenvalue weighted by Crippen LogP contribution is 2.12. The first-order valence-electron chi connectivity index (χ1n) is 6.70. The van der Waals surface area contributed by atoms with Gasteiger partial charge in [-0.3, -0.25) is 0 Å². The largest absolute Gasteiger partial charge is 0.467 e. The van der Waals surface area contributed by atoms with Gasteiger partial charge in [0, 0.05) is 6.54 Å². The highest BCUT2D eigenvalue weighted by Gasteiger charge is 2.07. The van der Waals surface area contributed by atoms with Gasteiger partial charge in [-0.25, -0.2) is 0 Å². The van der Waals surface area contributed by atoms with Crippen LogP contribution >= 0.6 is 0 Å². The Kier molecular flexibility index (Phi) is 5.16. The molecule has 20 heavy (non-hydrogen) atoms. The number of hydrogen-bond acceptors (Lipinski definition) is 7. The molecule has 2 rings (SSSR count). The third-order valence-electron chi connectivity index (χ3n) is 2.42. The predicted molar refractivity (Wildman–Crippen MR) is 75.8 cm³/mol. The second kappa shape index (κ2) is 7.32. The fourth-order valence-corrected chi connectivity index (χ4v) is 1.52. The van der Waals surface area contributed by atoms with Gasteiger partial charge in [0.15, 0.2) is 0 Å². The predicted octanol–water partition coefficient (Wildman–Crippen LogP) is 2.30. The van der Waals surface area contributed by atoms with Gasteiger partial charge in [0.1, 0.15) is 5.76 Å². The second-order valence-electron chi connectivity index (χ2n) is 4.06. The van der Waals surface area contributed by atoms with Crippen LogP contribution < -0.4 is 15.4 Å². The summed E-state index contributed by atoms with van der Waals surface area (Å²) in [5.74, 6) is 1.78. The Balaban J connectivity index is 2.06. The fourth-order valence-electron chi connectivity index (χ4n) is 1.52. The number of furan rings is 1. The van der Waals surface area contributed by atoms with E-state index in [1.54, 1.807) is 6.26 Å². The molecule has 0 bridgehead atoms. The zero-order chi connectivity index (χ0) is 14.2. The zero-order valence-corrected chi connectivity index (χ0v) is 11.7. The summed E-state index contributed by atoms with van der Waals surface area (Å²) in [7, 11) is 0. The van der Waals surface area contributed by atoms with Gasteiger partial charge in [-0.1, -0.05) is 6.92 Å². The molecule has 2 heterocycles. The van der Waals surface area contributed by atoms with Crippen molar-refractivity contribution >= 4 is 11.9 Å². The van der Waals surface area contributed by atoms with Gasteiger partial charge in [0.05, 0.1) is 19.4 Å². The average molecular weight is 277 g/mol. The van der Waals surface area contributed by atoms with E-state index < -0.39 is 0 Å². The molecule has 7 nitrogen and oxygen atoms in total. The average Bonchev–Trinajstić information content (AvgIpc) is 2.96. The zero-order valence-electron chi connectivity index (χ0n) is 11.7. The summed E-state index contributed by atoms with van der Waals surface area (Å²) in [6.07, 6.45) is 2.62. The van der Waals surface area contributed by atoms with Gasteiger partial charge < -0.3 is 19.8 Å². The Labute approximate surface area is 117 Å². The lowest BCUT2D eigenvalue weighted by molar-refractivity contribution is 0.312. The monoisotopic (exact) mass is 277 g/mol. The third kappa shape index (κ3) is 4.11. The molecular formula is C13H19N5O2. The number of aromatic nitrogens is 3. The van der Waals surface area contributed by atoms with Crippen molar-refractivity contribution in [1.29, 1.82) is 0 Å². The third-order valence-corrected chi connectivity index (χ3v) is 2.42. The van der Waals surface area contributed by atoms with Crippen molar-refractivity contribution in [1.82, 2.24) is 15.0 Å². The van der Waals surface area contributed by atoms with Crippen molar-refractivity contribution < 1.29 is 9.15 Å². The van der Waals surface area contributed by atoms with E-state index in [0.29, 0.717) is 31.1 Å². The normalized spacial score (nSPS) is 10.3. The van der Waals surface area contributed by atoms with Crippen LogP contribution in [0.3, 0.4) is 0 Å². The molecule has 2 aromatic rings. The van der Waals surface area contributed by atoms with Gasteiger partial charge in [-0.2, -0.15) is 15.0 Å². The van der Waals surface area contributed by atoms with Gasteiger partial charge in [-0.05, 0) is 25.5 Å². The molecule has 0 atom stereocenters. The summed E-state index contributed by atoms with van der Waals surface area (Å²) in [6.45, 7) is 5.78. The lowest BCUT2D eigenvalue weighted by atomic mass is 10.4. The first-order valence-corrected chi connectivity index (χ1v) is 6.70. The molecule has 2 aromatic heterocycles. The molecule has 0 aliphatic rings. The van der Waals surface area contributed by atoms with E-state index in [1.807, 2.05) is 19.1 Å². The molecule has 7 heteroatoms. The minimum Gasteiger partial charge on any atom is -0.467 e. The van der Waals surface area contributed by atoms with Crippen LogP contribution in [0.1, 0.15) is 26.0 Å². The molecule has 108 valence electrons. The Morgan fingerprint density at radius 2 is 1.95 bits per heavy atom. The Bertz CT molecular complexity index is 515. The van der Waals surface area contributed by atoms with E-state index >= 15 is 0 Å². The summed E-state index contributed by atoms with van der Waals surface area (Å²) >= 11 is 0. The van der Waals surface area contributed by atoms with E-state index in [9.17, 15) is 0 Å². The molecule has 0 saturated heterocycles. The quantitative estimate of drug-likeness (QED) is 0.765. The first-order chi connectivity index (χ1) is 9.81. The summed E-state index contributed by atoms with van der Waals surface area (Å²) in [6, 6.07) is 4.03. The maximum Gasteiger partial charge on any atom is 0.323 e. The van der Waals surface area contributed by atoms with E-state index in [2.05, 4.69) is 32.5 Å². The Morgan fingerprint density at radius 1 is 1.15 bits per heavy atom. The van der Waals surface area contributed by atoms with Crippen molar-refractivity contribution in [2.45, 2.75) is 26.8 Å². The van der Waals surface area contributed by atoms with E-state index in [-0.39, 0.29) is 0 Å². The van der Waals surface area contributed by atoms with Crippen LogP contribution in [-0.4, -0.2) is 28.1 Å². The molecule has 0 aliphatic heterocycles. The minimum absolute atomic E-state index is 0.308. The number of anilines is 2. The number of nitrogens with zero attached hydrogens (tertiary/aromatic N) is 3. The topological polar surface area (TPSA) is 85.1 Å². The van der Waals surface area contributed by atoms with Crippen LogP contribution in [0.15, 0.2) is 22.8 Å². The summed E-state index contributed by atoms with van der Waals surface area (Å²) in [4.78, 5) is 12.7. The molecule has 0 saturated carbocycles. The number of hydrogen-bond donors (Lipinski definition) is 2. The highest BCUT2D eigenvalue weighted by molar-refractivity contribution is 5.36. The van der Waals surface area contributed by atoms with Crippen molar-refractivity contribution in [3.05, 3.63) is 24.2 Å². The van der Waals surface area contributed by atoms with E-state index in [1.165, 1.54) is 0 Å². The Morgan fingerprint density at radius 3 is 2.60 bits per heavy atom. The van der Waals surface area contributed by atoms with Crippen LogP contribution in [0, 0.1) is 0 Å². The molecule has 0 spiro atoms. The molecule has 0 aliphatic carbocycles. The first kappa shape index (κ1) is 14.1. The molecule has 0 radical (unpaired) electrons. The van der Waals surface area contributed by atoms with Crippen LogP contribution in [0.2, 0.25) is 0 Å². The lowest BCUT2D eigenvalue weighted by Gasteiger charge is -2.09. The molecule has 2 N–H and O–H groups in total. The summed E-state index contributed by atoms with van der Waals surface area (Å²) in [5.41, 5.74) is 0. The van der Waals surface area contributed by atoms with Crippen molar-refractivity contribution in [2.75, 3.05) is 23.8 Å². The molecule has 0 amide bonds. The molecule has 0 unspecified atom stereocenters. The smallest absolute Gasteiger partial charge is 0.323 e. The number of rotatable bonds is 8. The van der Waals surface area contributed by atoms with E-state index in [0.717, 1.165) is 18.7 Å². The summed E-state index contributed by atoms with van der Waals surface area (Å²) < 4.78 is 10.6. The van der Waals surface area contributed by atoms with Gasteiger partial charge in [0.2, 0.25) is 11.9 Å². The van der Waals surface area contributed by atoms with Crippen molar-refractivity contribution in [3.63, 3.8) is 0 Å². The maximum atomic E-state index is 5.34. The highest BCUT2D eigenvalue weighted by atomic mass is 16.5. The van der Waals surface area contributed by atoms with Crippen molar-refractivity contribution in [2.24, 2.45) is 0 Å². The Hall–Kier alpha value is -2.31. The van der Waals surface area contributed by atoms with Crippen LogP contribution in [0.25, 0.3) is 0 Å². The number of ether oxygens (including phenoxy) is 1. The number of nitrogens with one attached hydrogen (secondary N) is 2. The van der Waals surface area contributed by atoms with Gasteiger partial charge in [0.25, 0.3) is 0 Å². The minimum atomic E-state index is 0.308. The standard InChI is InChI=1S/C13H19N5O2/c1-3-7-14-11-16-12(18-13(17-11)19-4-2)15-9-10-6-5-8-20-10/h5-6,8H,3-4,7,9H2,1-2H3,(H2,14,15,16,17,18). The molecule has 0 aromatic carbocycles. The van der Waals surface area contributed by atoms with Crippen molar-refractivity contribution in [3.8, 4) is 6.01 Å². The fraction of sp³-hybridized carbons (Fsp3) is 0.462. The second-order valence-corrected chi connectivity index (χ2v) is 4.06. The van der Waals surface area contributed by atoms with Gasteiger partial charge in [-0.15, -0.1) is 0 Å². The molecule has 0 fully saturated rings. The van der Waals surface area contributed by atoms with Gasteiger partial charge >= 0.3 is 6.01 Å². The van der Waals surface area contributed by atoms with Crippen LogP contribution in [0.5, 0.6) is 6.01 Å². The van der Waals surface area contributed by atoms with Crippen LogP contribution in [0.4, 0.5) is 11.9 Å². The SMILES string of the molecule is CCCNc1nc(NCc2ccco2)nc(OCC)n1. The summed E-state index contributed by atoms with van der Waals surface area (Å²) in [5, 5.41) is 6.21. The van der Waals surface area contributed by atoms with Crippen LogP contribution in [-0.2, 0) is 6.54 Å². The maximum absolute atomic E-state index is 5.34. The molecular weight excluding hydrogens is 258 g/mol. The van der Waals surface area contributed by atoms with E-state index in [4.69, 9.17) is 9.15 Å². The lowest BCUT2D eigenvalue weighted by Crippen LogP contribution is -2.11.